The van der Waals surface area contributed by atoms with Gasteiger partial charge in [-0.05, 0) is 29.0 Å². The fourth-order valence-corrected chi connectivity index (χ4v) is 4.28. The number of nitrogens with one attached hydrogen (secondary N) is 2. The Morgan fingerprint density at radius 3 is 2.45 bits per heavy atom. The molecule has 2 aromatic rings. The summed E-state index contributed by atoms with van der Waals surface area (Å²) in [6.07, 6.45) is 1.20. The van der Waals surface area contributed by atoms with E-state index in [1.165, 1.54) is 11.1 Å². The van der Waals surface area contributed by atoms with Crippen LogP contribution in [0, 0.1) is 0 Å². The quantitative estimate of drug-likeness (QED) is 0.796. The standard InChI is InChI=1S/C24H29N3O2/c1-16(2)19-10-8-18(9-11-19)14-25-20-13-22-23(28)26-21(24(29)27(22)15-20)12-17-6-4-3-5-7-17/h3-11,16,20-22,25H,12-15H2,1-2H3,(H,26,28)/t20-,21+,22-/m0/s1. The molecule has 0 radical (unpaired) electrons. The number of hydrogen-bond donors (Lipinski definition) is 2. The lowest BCUT2D eigenvalue weighted by molar-refractivity contribution is -0.147. The van der Waals surface area contributed by atoms with E-state index >= 15 is 0 Å². The van der Waals surface area contributed by atoms with Crippen LogP contribution in [0.2, 0.25) is 0 Å². The lowest BCUT2D eigenvalue weighted by Gasteiger charge is -2.34. The highest BCUT2D eigenvalue weighted by Crippen LogP contribution is 2.24. The molecule has 0 unspecified atom stereocenters. The van der Waals surface area contributed by atoms with E-state index in [-0.39, 0.29) is 23.9 Å². The van der Waals surface area contributed by atoms with Gasteiger partial charge in [-0.3, -0.25) is 9.59 Å². The van der Waals surface area contributed by atoms with Gasteiger partial charge in [-0.1, -0.05) is 68.4 Å². The van der Waals surface area contributed by atoms with Gasteiger partial charge in [-0.15, -0.1) is 0 Å². The number of benzene rings is 2. The van der Waals surface area contributed by atoms with Crippen LogP contribution in [0.3, 0.4) is 0 Å². The number of fused-ring (bicyclic) bond motifs is 1. The van der Waals surface area contributed by atoms with E-state index in [0.29, 0.717) is 25.3 Å². The molecule has 29 heavy (non-hydrogen) atoms. The summed E-state index contributed by atoms with van der Waals surface area (Å²) in [5.41, 5.74) is 3.61. The Labute approximate surface area is 172 Å². The highest BCUT2D eigenvalue weighted by molar-refractivity contribution is 5.97. The SMILES string of the molecule is CC(C)c1ccc(CN[C@H]2C[C@H]3C(=O)N[C@H](Cc4ccccc4)C(=O)N3C2)cc1. The number of piperazine rings is 1. The molecule has 152 valence electrons. The van der Waals surface area contributed by atoms with Crippen LogP contribution in [-0.2, 0) is 22.6 Å². The third kappa shape index (κ3) is 4.35. The molecule has 3 atom stereocenters. The van der Waals surface area contributed by atoms with E-state index in [1.54, 1.807) is 4.90 Å². The van der Waals surface area contributed by atoms with Crippen molar-refractivity contribution < 1.29 is 9.59 Å². The molecular formula is C24H29N3O2. The van der Waals surface area contributed by atoms with Crippen molar-refractivity contribution in [3.63, 3.8) is 0 Å². The maximum atomic E-state index is 13.0. The van der Waals surface area contributed by atoms with Crippen LogP contribution in [-0.4, -0.2) is 41.4 Å². The van der Waals surface area contributed by atoms with Crippen molar-refractivity contribution in [2.45, 2.75) is 57.3 Å². The zero-order valence-corrected chi connectivity index (χ0v) is 17.1. The van der Waals surface area contributed by atoms with Gasteiger partial charge in [0.2, 0.25) is 11.8 Å². The van der Waals surface area contributed by atoms with Crippen LogP contribution >= 0.6 is 0 Å². The summed E-state index contributed by atoms with van der Waals surface area (Å²) in [6, 6.07) is 17.8. The van der Waals surface area contributed by atoms with Crippen LogP contribution < -0.4 is 10.6 Å². The molecule has 2 N–H and O–H groups in total. The molecule has 2 aliphatic heterocycles. The molecule has 0 aliphatic carbocycles. The van der Waals surface area contributed by atoms with Crippen LogP contribution in [0.5, 0.6) is 0 Å². The Morgan fingerprint density at radius 1 is 1.03 bits per heavy atom. The van der Waals surface area contributed by atoms with E-state index in [1.807, 2.05) is 30.3 Å². The second-order valence-electron chi connectivity index (χ2n) is 8.47. The van der Waals surface area contributed by atoms with Crippen molar-refractivity contribution in [1.82, 2.24) is 15.5 Å². The van der Waals surface area contributed by atoms with Gasteiger partial charge in [0.05, 0.1) is 0 Å². The first-order valence-corrected chi connectivity index (χ1v) is 10.5. The minimum Gasteiger partial charge on any atom is -0.342 e. The summed E-state index contributed by atoms with van der Waals surface area (Å²) in [6.45, 7) is 5.71. The van der Waals surface area contributed by atoms with Gasteiger partial charge in [-0.2, -0.15) is 0 Å². The summed E-state index contributed by atoms with van der Waals surface area (Å²) in [5, 5.41) is 6.47. The van der Waals surface area contributed by atoms with E-state index < -0.39 is 6.04 Å². The first kappa shape index (κ1) is 19.6. The number of rotatable bonds is 6. The summed E-state index contributed by atoms with van der Waals surface area (Å²) in [5.74, 6) is 0.524. The average molecular weight is 392 g/mol. The normalized spacial score (nSPS) is 24.0. The van der Waals surface area contributed by atoms with Gasteiger partial charge >= 0.3 is 0 Å². The van der Waals surface area contributed by atoms with Gasteiger partial charge < -0.3 is 15.5 Å². The lowest BCUT2D eigenvalue weighted by Crippen LogP contribution is -2.61. The Hall–Kier alpha value is -2.66. The molecule has 2 saturated heterocycles. The summed E-state index contributed by atoms with van der Waals surface area (Å²) < 4.78 is 0. The van der Waals surface area contributed by atoms with Crippen LogP contribution in [0.15, 0.2) is 54.6 Å². The molecule has 0 spiro atoms. The first-order valence-electron chi connectivity index (χ1n) is 10.5. The molecule has 2 aromatic carbocycles. The van der Waals surface area contributed by atoms with Crippen molar-refractivity contribution in [1.29, 1.82) is 0 Å². The average Bonchev–Trinajstić information content (AvgIpc) is 3.17. The van der Waals surface area contributed by atoms with Gasteiger partial charge in [0.25, 0.3) is 0 Å². The topological polar surface area (TPSA) is 61.4 Å². The monoisotopic (exact) mass is 391 g/mol. The van der Waals surface area contributed by atoms with Crippen molar-refractivity contribution >= 4 is 11.8 Å². The zero-order valence-electron chi connectivity index (χ0n) is 17.1. The van der Waals surface area contributed by atoms with E-state index in [9.17, 15) is 9.59 Å². The molecule has 2 heterocycles. The third-order valence-corrected chi connectivity index (χ3v) is 6.03. The van der Waals surface area contributed by atoms with Crippen molar-refractivity contribution in [3.05, 3.63) is 71.3 Å². The molecule has 0 aromatic heterocycles. The molecule has 4 rings (SSSR count). The van der Waals surface area contributed by atoms with Gasteiger partial charge in [0.15, 0.2) is 0 Å². The highest BCUT2D eigenvalue weighted by atomic mass is 16.2. The Bertz CT molecular complexity index is 863. The summed E-state index contributed by atoms with van der Waals surface area (Å²) in [7, 11) is 0. The first-order chi connectivity index (χ1) is 14.0. The predicted molar refractivity (Wildman–Crippen MR) is 113 cm³/mol. The Morgan fingerprint density at radius 2 is 1.76 bits per heavy atom. The molecule has 2 fully saturated rings. The maximum absolute atomic E-state index is 13.0. The summed E-state index contributed by atoms with van der Waals surface area (Å²) in [4.78, 5) is 27.3. The molecule has 2 aliphatic rings. The number of nitrogens with zero attached hydrogens (tertiary/aromatic N) is 1. The summed E-state index contributed by atoms with van der Waals surface area (Å²) >= 11 is 0. The number of hydrogen-bond acceptors (Lipinski definition) is 3. The van der Waals surface area contributed by atoms with Gasteiger partial charge in [0.1, 0.15) is 12.1 Å². The molecular weight excluding hydrogens is 362 g/mol. The fourth-order valence-electron chi connectivity index (χ4n) is 4.28. The second kappa shape index (κ2) is 8.37. The smallest absolute Gasteiger partial charge is 0.246 e. The molecule has 2 amide bonds. The molecule has 5 nitrogen and oxygen atoms in total. The van der Waals surface area contributed by atoms with Crippen molar-refractivity contribution in [2.24, 2.45) is 0 Å². The van der Waals surface area contributed by atoms with Gasteiger partial charge in [-0.25, -0.2) is 0 Å². The number of amides is 2. The molecule has 0 saturated carbocycles. The van der Waals surface area contributed by atoms with E-state index in [2.05, 4.69) is 48.7 Å². The lowest BCUT2D eigenvalue weighted by atomic mass is 10.0. The number of carbonyl (C=O) groups is 2. The van der Waals surface area contributed by atoms with Crippen LogP contribution in [0.1, 0.15) is 42.9 Å². The Kier molecular flexibility index (Phi) is 5.67. The van der Waals surface area contributed by atoms with Crippen molar-refractivity contribution in [2.75, 3.05) is 6.54 Å². The molecule has 5 heteroatoms. The maximum Gasteiger partial charge on any atom is 0.246 e. The highest BCUT2D eigenvalue weighted by Gasteiger charge is 2.46. The van der Waals surface area contributed by atoms with Crippen LogP contribution in [0.4, 0.5) is 0 Å². The van der Waals surface area contributed by atoms with E-state index in [4.69, 9.17) is 0 Å². The predicted octanol–water partition coefficient (Wildman–Crippen LogP) is 2.61. The van der Waals surface area contributed by atoms with E-state index in [0.717, 1.165) is 12.1 Å². The zero-order chi connectivity index (χ0) is 20.4. The van der Waals surface area contributed by atoms with Gasteiger partial charge in [0, 0.05) is 25.6 Å². The number of carbonyl (C=O) groups excluding carboxylic acids is 2. The second-order valence-corrected chi connectivity index (χ2v) is 8.47. The van der Waals surface area contributed by atoms with Crippen LogP contribution in [0.25, 0.3) is 0 Å². The molecule has 0 bridgehead atoms. The fraction of sp³-hybridized carbons (Fsp3) is 0.417. The largest absolute Gasteiger partial charge is 0.342 e. The Balaban J connectivity index is 1.36. The van der Waals surface area contributed by atoms with Crippen molar-refractivity contribution in [3.8, 4) is 0 Å². The minimum atomic E-state index is -0.469. The third-order valence-electron chi connectivity index (χ3n) is 6.03. The minimum absolute atomic E-state index is 0.0314.